The number of imidazole rings is 1. The number of rotatable bonds is 2. The summed E-state index contributed by atoms with van der Waals surface area (Å²) in [5, 5.41) is 0. The third-order valence-corrected chi connectivity index (χ3v) is 1.72. The van der Waals surface area contributed by atoms with Crippen LogP contribution in [-0.4, -0.2) is 9.55 Å². The molecule has 0 fully saturated rings. The van der Waals surface area contributed by atoms with Crippen LogP contribution in [0.15, 0.2) is 10.8 Å². The Bertz CT molecular complexity index is 242. The van der Waals surface area contributed by atoms with Gasteiger partial charge in [-0.3, -0.25) is 0 Å². The predicted molar refractivity (Wildman–Crippen MR) is 49.2 cm³/mol. The molecular formula is C7H12BrN3. The highest BCUT2D eigenvalue weighted by Gasteiger charge is 2.03. The maximum absolute atomic E-state index is 5.61. The molecule has 1 rings (SSSR count). The molecule has 0 aromatic carbocycles. The van der Waals surface area contributed by atoms with Crippen molar-refractivity contribution in [3.8, 4) is 0 Å². The van der Waals surface area contributed by atoms with Gasteiger partial charge in [0.2, 0.25) is 5.95 Å². The van der Waals surface area contributed by atoms with Crippen molar-refractivity contribution in [1.29, 1.82) is 0 Å². The number of aromatic nitrogens is 2. The van der Waals surface area contributed by atoms with Gasteiger partial charge in [-0.25, -0.2) is 4.98 Å². The first-order valence-corrected chi connectivity index (χ1v) is 4.37. The number of nitrogens with two attached hydrogens (primary N) is 1. The number of hydrogen-bond acceptors (Lipinski definition) is 2. The SMILES string of the molecule is CC(C)Cn1cc(Br)nc1N. The Labute approximate surface area is 74.7 Å². The van der Waals surface area contributed by atoms with Crippen LogP contribution < -0.4 is 5.73 Å². The van der Waals surface area contributed by atoms with Gasteiger partial charge in [-0.15, -0.1) is 0 Å². The third kappa shape index (κ3) is 2.22. The van der Waals surface area contributed by atoms with Crippen LogP contribution in [-0.2, 0) is 6.54 Å². The van der Waals surface area contributed by atoms with E-state index in [2.05, 4.69) is 34.8 Å². The number of nitrogen functional groups attached to an aromatic ring is 1. The van der Waals surface area contributed by atoms with Crippen molar-refractivity contribution < 1.29 is 0 Å². The van der Waals surface area contributed by atoms with Crippen molar-refractivity contribution in [3.63, 3.8) is 0 Å². The molecule has 0 unspecified atom stereocenters. The van der Waals surface area contributed by atoms with Gasteiger partial charge in [0.1, 0.15) is 4.60 Å². The van der Waals surface area contributed by atoms with E-state index in [-0.39, 0.29) is 0 Å². The van der Waals surface area contributed by atoms with E-state index in [1.807, 2.05) is 10.8 Å². The average molecular weight is 218 g/mol. The van der Waals surface area contributed by atoms with Gasteiger partial charge in [0.15, 0.2) is 0 Å². The van der Waals surface area contributed by atoms with E-state index >= 15 is 0 Å². The van der Waals surface area contributed by atoms with Crippen molar-refractivity contribution in [2.45, 2.75) is 20.4 Å². The van der Waals surface area contributed by atoms with Gasteiger partial charge in [-0.05, 0) is 21.8 Å². The lowest BCUT2D eigenvalue weighted by Crippen LogP contribution is -2.06. The zero-order chi connectivity index (χ0) is 8.43. The minimum Gasteiger partial charge on any atom is -0.369 e. The van der Waals surface area contributed by atoms with Gasteiger partial charge < -0.3 is 10.3 Å². The monoisotopic (exact) mass is 217 g/mol. The molecule has 0 saturated carbocycles. The highest BCUT2D eigenvalue weighted by atomic mass is 79.9. The fraction of sp³-hybridized carbons (Fsp3) is 0.571. The zero-order valence-electron chi connectivity index (χ0n) is 6.71. The smallest absolute Gasteiger partial charge is 0.201 e. The molecule has 0 saturated heterocycles. The minimum atomic E-state index is 0.575. The Morgan fingerprint density at radius 1 is 1.73 bits per heavy atom. The van der Waals surface area contributed by atoms with E-state index in [1.54, 1.807) is 0 Å². The minimum absolute atomic E-state index is 0.575. The van der Waals surface area contributed by atoms with E-state index in [0.29, 0.717) is 11.9 Å². The maximum Gasteiger partial charge on any atom is 0.201 e. The van der Waals surface area contributed by atoms with E-state index in [1.165, 1.54) is 0 Å². The number of anilines is 1. The highest BCUT2D eigenvalue weighted by molar-refractivity contribution is 9.10. The molecule has 3 nitrogen and oxygen atoms in total. The largest absolute Gasteiger partial charge is 0.369 e. The topological polar surface area (TPSA) is 43.8 Å². The van der Waals surface area contributed by atoms with Crippen LogP contribution in [0.5, 0.6) is 0 Å². The second kappa shape index (κ2) is 3.26. The predicted octanol–water partition coefficient (Wildman–Crippen LogP) is 1.88. The van der Waals surface area contributed by atoms with Gasteiger partial charge in [0.25, 0.3) is 0 Å². The lowest BCUT2D eigenvalue weighted by atomic mass is 10.2. The maximum atomic E-state index is 5.61. The Kier molecular flexibility index (Phi) is 2.54. The van der Waals surface area contributed by atoms with Crippen LogP contribution in [0.2, 0.25) is 0 Å². The van der Waals surface area contributed by atoms with Crippen LogP contribution >= 0.6 is 15.9 Å². The molecule has 1 aromatic heterocycles. The van der Waals surface area contributed by atoms with Gasteiger partial charge in [0.05, 0.1) is 0 Å². The Balaban J connectivity index is 2.77. The normalized spacial score (nSPS) is 10.9. The van der Waals surface area contributed by atoms with E-state index < -0.39 is 0 Å². The summed E-state index contributed by atoms with van der Waals surface area (Å²) in [6, 6.07) is 0. The molecule has 0 radical (unpaired) electrons. The van der Waals surface area contributed by atoms with Crippen LogP contribution in [0.25, 0.3) is 0 Å². The molecule has 0 aliphatic rings. The Hall–Kier alpha value is -0.510. The summed E-state index contributed by atoms with van der Waals surface area (Å²) in [6.45, 7) is 5.21. The van der Waals surface area contributed by atoms with Crippen LogP contribution in [0.3, 0.4) is 0 Å². The molecule has 0 bridgehead atoms. The molecule has 0 spiro atoms. The van der Waals surface area contributed by atoms with E-state index in [0.717, 1.165) is 11.1 Å². The second-order valence-corrected chi connectivity index (χ2v) is 3.78. The first-order valence-electron chi connectivity index (χ1n) is 3.57. The summed E-state index contributed by atoms with van der Waals surface area (Å²) in [4.78, 5) is 4.02. The highest BCUT2D eigenvalue weighted by Crippen LogP contribution is 2.12. The van der Waals surface area contributed by atoms with Crippen LogP contribution in [0.1, 0.15) is 13.8 Å². The lowest BCUT2D eigenvalue weighted by Gasteiger charge is -2.06. The van der Waals surface area contributed by atoms with Gasteiger partial charge >= 0.3 is 0 Å². The van der Waals surface area contributed by atoms with Crippen LogP contribution in [0, 0.1) is 5.92 Å². The van der Waals surface area contributed by atoms with E-state index in [4.69, 9.17) is 5.73 Å². The van der Waals surface area contributed by atoms with Crippen molar-refractivity contribution in [1.82, 2.24) is 9.55 Å². The Morgan fingerprint density at radius 2 is 2.36 bits per heavy atom. The Morgan fingerprint density at radius 3 is 2.73 bits per heavy atom. The molecule has 0 aliphatic carbocycles. The first-order chi connectivity index (χ1) is 5.09. The summed E-state index contributed by atoms with van der Waals surface area (Å²) in [5.74, 6) is 1.17. The standard InChI is InChI=1S/C7H12BrN3/c1-5(2)3-11-4-6(8)10-7(11)9/h4-5H,3H2,1-2H3,(H2,9,10). The number of halogens is 1. The third-order valence-electron chi connectivity index (χ3n) is 1.34. The average Bonchev–Trinajstić information content (AvgIpc) is 2.09. The molecule has 62 valence electrons. The summed E-state index contributed by atoms with van der Waals surface area (Å²) in [7, 11) is 0. The van der Waals surface area contributed by atoms with Crippen molar-refractivity contribution in [2.24, 2.45) is 5.92 Å². The quantitative estimate of drug-likeness (QED) is 0.823. The lowest BCUT2D eigenvalue weighted by molar-refractivity contribution is 0.528. The molecule has 2 N–H and O–H groups in total. The van der Waals surface area contributed by atoms with Crippen LogP contribution in [0.4, 0.5) is 5.95 Å². The molecule has 0 atom stereocenters. The van der Waals surface area contributed by atoms with Crippen molar-refractivity contribution in [3.05, 3.63) is 10.8 Å². The van der Waals surface area contributed by atoms with Gasteiger partial charge in [0, 0.05) is 12.7 Å². The number of nitrogens with zero attached hydrogens (tertiary/aromatic N) is 2. The molecule has 1 heterocycles. The zero-order valence-corrected chi connectivity index (χ0v) is 8.30. The van der Waals surface area contributed by atoms with Crippen molar-refractivity contribution >= 4 is 21.9 Å². The van der Waals surface area contributed by atoms with Gasteiger partial charge in [-0.1, -0.05) is 13.8 Å². The van der Waals surface area contributed by atoms with E-state index in [9.17, 15) is 0 Å². The second-order valence-electron chi connectivity index (χ2n) is 2.97. The molecule has 4 heteroatoms. The summed E-state index contributed by atoms with van der Waals surface area (Å²) in [6.07, 6.45) is 1.90. The number of hydrogen-bond donors (Lipinski definition) is 1. The molecule has 0 aliphatic heterocycles. The molecular weight excluding hydrogens is 206 g/mol. The van der Waals surface area contributed by atoms with Crippen molar-refractivity contribution in [2.75, 3.05) is 5.73 Å². The summed E-state index contributed by atoms with van der Waals surface area (Å²) >= 11 is 3.26. The molecule has 0 amide bonds. The molecule has 1 aromatic rings. The summed E-state index contributed by atoms with van der Waals surface area (Å²) in [5.41, 5.74) is 5.61. The van der Waals surface area contributed by atoms with Gasteiger partial charge in [-0.2, -0.15) is 0 Å². The summed E-state index contributed by atoms with van der Waals surface area (Å²) < 4.78 is 2.74. The fourth-order valence-electron chi connectivity index (χ4n) is 0.937. The fourth-order valence-corrected chi connectivity index (χ4v) is 1.37. The molecule has 11 heavy (non-hydrogen) atoms. The first kappa shape index (κ1) is 8.59.